The summed E-state index contributed by atoms with van der Waals surface area (Å²) in [4.78, 5) is 14.1. The normalized spacial score (nSPS) is 10.4. The highest BCUT2D eigenvalue weighted by atomic mass is 16.5. The summed E-state index contributed by atoms with van der Waals surface area (Å²) in [5.41, 5.74) is 0.554. The number of carbonyl (C=O) groups excluding carboxylic acids is 1. The van der Waals surface area contributed by atoms with Gasteiger partial charge in [-0.25, -0.2) is 0 Å². The van der Waals surface area contributed by atoms with Gasteiger partial charge in [-0.3, -0.25) is 4.79 Å². The quantitative estimate of drug-likeness (QED) is 0.696. The molecule has 0 bridgehead atoms. The highest BCUT2D eigenvalue weighted by Gasteiger charge is 2.16. The highest BCUT2D eigenvalue weighted by Crippen LogP contribution is 2.28. The summed E-state index contributed by atoms with van der Waals surface area (Å²) in [6, 6.07) is 8.89. The van der Waals surface area contributed by atoms with Crippen molar-refractivity contribution in [1.29, 1.82) is 0 Å². The summed E-state index contributed by atoms with van der Waals surface area (Å²) < 4.78 is 16.3. The number of nitrogens with zero attached hydrogens (tertiary/aromatic N) is 1. The summed E-state index contributed by atoms with van der Waals surface area (Å²) in [6.07, 6.45) is 3.64. The first-order valence-corrected chi connectivity index (χ1v) is 7.74. The summed E-state index contributed by atoms with van der Waals surface area (Å²) >= 11 is 0. The Bertz CT molecular complexity index is 622. The Balaban J connectivity index is 2.07. The van der Waals surface area contributed by atoms with Gasteiger partial charge in [0.25, 0.3) is 5.91 Å². The van der Waals surface area contributed by atoms with Crippen LogP contribution in [-0.4, -0.2) is 31.6 Å². The lowest BCUT2D eigenvalue weighted by atomic mass is 10.1. The molecule has 2 aromatic rings. The maximum absolute atomic E-state index is 12.5. The lowest BCUT2D eigenvalue weighted by Gasteiger charge is -2.17. The first-order chi connectivity index (χ1) is 11.2. The molecule has 1 amide bonds. The number of unbranched alkanes of at least 4 members (excludes halogenated alkanes) is 1. The Kier molecular flexibility index (Phi) is 6.09. The minimum absolute atomic E-state index is 0.0974. The van der Waals surface area contributed by atoms with Crippen LogP contribution in [0.5, 0.6) is 11.5 Å². The van der Waals surface area contributed by atoms with Gasteiger partial charge >= 0.3 is 0 Å². The Labute approximate surface area is 136 Å². The van der Waals surface area contributed by atoms with Crippen LogP contribution in [0.3, 0.4) is 0 Å². The third-order valence-electron chi connectivity index (χ3n) is 3.49. The molecule has 0 saturated heterocycles. The molecule has 0 saturated carbocycles. The molecule has 23 heavy (non-hydrogen) atoms. The van der Waals surface area contributed by atoms with E-state index in [0.29, 0.717) is 30.2 Å². The van der Waals surface area contributed by atoms with Crippen molar-refractivity contribution in [1.82, 2.24) is 4.90 Å². The summed E-state index contributed by atoms with van der Waals surface area (Å²) in [7, 11) is 3.31. The van der Waals surface area contributed by atoms with Crippen LogP contribution < -0.4 is 9.47 Å². The maximum atomic E-state index is 12.5. The zero-order valence-corrected chi connectivity index (χ0v) is 13.9. The monoisotopic (exact) mass is 317 g/mol. The molecule has 5 nitrogen and oxygen atoms in total. The van der Waals surface area contributed by atoms with E-state index in [9.17, 15) is 4.79 Å². The Morgan fingerprint density at radius 2 is 2.09 bits per heavy atom. The van der Waals surface area contributed by atoms with Crippen LogP contribution in [0.2, 0.25) is 0 Å². The van der Waals surface area contributed by atoms with E-state index in [1.807, 2.05) is 6.07 Å². The smallest absolute Gasteiger partial charge is 0.254 e. The first kappa shape index (κ1) is 16.9. The summed E-state index contributed by atoms with van der Waals surface area (Å²) in [6.45, 7) is 3.17. The van der Waals surface area contributed by atoms with Gasteiger partial charge in [-0.2, -0.15) is 0 Å². The standard InChI is InChI=1S/C18H23NO4/c1-4-5-10-23-16-9-8-14(12-17(16)21-3)18(20)19(2)13-15-7-6-11-22-15/h6-9,11-12H,4-5,10,13H2,1-3H3. The predicted molar refractivity (Wildman–Crippen MR) is 87.9 cm³/mol. The van der Waals surface area contributed by atoms with Gasteiger partial charge < -0.3 is 18.8 Å². The molecule has 1 aromatic carbocycles. The van der Waals surface area contributed by atoms with E-state index in [-0.39, 0.29) is 5.91 Å². The second-order valence-corrected chi connectivity index (χ2v) is 5.31. The van der Waals surface area contributed by atoms with Gasteiger partial charge in [-0.15, -0.1) is 0 Å². The predicted octanol–water partition coefficient (Wildman–Crippen LogP) is 3.74. The summed E-state index contributed by atoms with van der Waals surface area (Å²) in [5, 5.41) is 0. The van der Waals surface area contributed by atoms with Gasteiger partial charge in [0, 0.05) is 12.6 Å². The molecule has 0 atom stereocenters. The lowest BCUT2D eigenvalue weighted by molar-refractivity contribution is 0.0775. The number of benzene rings is 1. The first-order valence-electron chi connectivity index (χ1n) is 7.74. The van der Waals surface area contributed by atoms with E-state index in [0.717, 1.165) is 18.6 Å². The topological polar surface area (TPSA) is 51.9 Å². The van der Waals surface area contributed by atoms with Gasteiger partial charge in [0.05, 0.1) is 26.5 Å². The van der Waals surface area contributed by atoms with Crippen molar-refractivity contribution >= 4 is 5.91 Å². The minimum Gasteiger partial charge on any atom is -0.493 e. The molecular weight excluding hydrogens is 294 g/mol. The zero-order valence-electron chi connectivity index (χ0n) is 13.9. The third kappa shape index (κ3) is 4.52. The molecule has 0 fully saturated rings. The minimum atomic E-state index is -0.0974. The molecular formula is C18H23NO4. The third-order valence-corrected chi connectivity index (χ3v) is 3.49. The van der Waals surface area contributed by atoms with E-state index >= 15 is 0 Å². The molecule has 2 rings (SSSR count). The van der Waals surface area contributed by atoms with Crippen LogP contribution >= 0.6 is 0 Å². The second kappa shape index (κ2) is 8.27. The maximum Gasteiger partial charge on any atom is 0.254 e. The number of ether oxygens (including phenoxy) is 2. The van der Waals surface area contributed by atoms with Crippen molar-refractivity contribution in [3.05, 3.63) is 47.9 Å². The Hall–Kier alpha value is -2.43. The number of hydrogen-bond acceptors (Lipinski definition) is 4. The van der Waals surface area contributed by atoms with Gasteiger partial charge in [0.15, 0.2) is 11.5 Å². The fourth-order valence-corrected chi connectivity index (χ4v) is 2.17. The van der Waals surface area contributed by atoms with Crippen LogP contribution in [0.4, 0.5) is 0 Å². The molecule has 0 aliphatic carbocycles. The SMILES string of the molecule is CCCCOc1ccc(C(=O)N(C)Cc2ccco2)cc1OC. The largest absolute Gasteiger partial charge is 0.493 e. The molecule has 0 spiro atoms. The number of methoxy groups -OCH3 is 1. The van der Waals surface area contributed by atoms with Crippen LogP contribution in [0.15, 0.2) is 41.0 Å². The average Bonchev–Trinajstić information content (AvgIpc) is 3.07. The average molecular weight is 317 g/mol. The summed E-state index contributed by atoms with van der Waals surface area (Å²) in [5.74, 6) is 1.87. The van der Waals surface area contributed by atoms with Crippen molar-refractivity contribution < 1.29 is 18.7 Å². The molecule has 5 heteroatoms. The van der Waals surface area contributed by atoms with E-state index in [2.05, 4.69) is 6.92 Å². The molecule has 0 aliphatic rings. The Morgan fingerprint density at radius 3 is 2.74 bits per heavy atom. The van der Waals surface area contributed by atoms with Crippen molar-refractivity contribution in [2.24, 2.45) is 0 Å². The zero-order chi connectivity index (χ0) is 16.7. The molecule has 124 valence electrons. The lowest BCUT2D eigenvalue weighted by Crippen LogP contribution is -2.26. The van der Waals surface area contributed by atoms with Crippen LogP contribution in [-0.2, 0) is 6.54 Å². The molecule has 1 aromatic heterocycles. The van der Waals surface area contributed by atoms with Gasteiger partial charge in [-0.1, -0.05) is 13.3 Å². The Morgan fingerprint density at radius 1 is 1.26 bits per heavy atom. The van der Waals surface area contributed by atoms with Crippen molar-refractivity contribution in [2.75, 3.05) is 20.8 Å². The number of furan rings is 1. The molecule has 0 unspecified atom stereocenters. The van der Waals surface area contributed by atoms with E-state index in [4.69, 9.17) is 13.9 Å². The second-order valence-electron chi connectivity index (χ2n) is 5.31. The molecule has 1 heterocycles. The number of rotatable bonds is 8. The fourth-order valence-electron chi connectivity index (χ4n) is 2.17. The van der Waals surface area contributed by atoms with Crippen LogP contribution in [0.25, 0.3) is 0 Å². The van der Waals surface area contributed by atoms with E-state index < -0.39 is 0 Å². The van der Waals surface area contributed by atoms with E-state index in [1.54, 1.807) is 49.6 Å². The number of carbonyl (C=O) groups is 1. The fraction of sp³-hybridized carbons (Fsp3) is 0.389. The van der Waals surface area contributed by atoms with Gasteiger partial charge in [0.2, 0.25) is 0 Å². The van der Waals surface area contributed by atoms with E-state index in [1.165, 1.54) is 0 Å². The molecule has 0 N–H and O–H groups in total. The molecule has 0 aliphatic heterocycles. The van der Waals surface area contributed by atoms with Crippen LogP contribution in [0, 0.1) is 0 Å². The van der Waals surface area contributed by atoms with Crippen molar-refractivity contribution in [3.8, 4) is 11.5 Å². The van der Waals surface area contributed by atoms with Crippen LogP contribution in [0.1, 0.15) is 35.9 Å². The number of hydrogen-bond donors (Lipinski definition) is 0. The van der Waals surface area contributed by atoms with Crippen molar-refractivity contribution in [2.45, 2.75) is 26.3 Å². The van der Waals surface area contributed by atoms with Gasteiger partial charge in [-0.05, 0) is 36.8 Å². The highest BCUT2D eigenvalue weighted by molar-refractivity contribution is 5.94. The molecule has 0 radical (unpaired) electrons. The van der Waals surface area contributed by atoms with Gasteiger partial charge in [0.1, 0.15) is 5.76 Å². The van der Waals surface area contributed by atoms with Crippen molar-refractivity contribution in [3.63, 3.8) is 0 Å². The number of amides is 1.